The minimum absolute atomic E-state index is 0. The fourth-order valence-corrected chi connectivity index (χ4v) is 3.21. The Kier molecular flexibility index (Phi) is 12.4. The number of thiophene rings is 1. The Balaban J connectivity index is 0.00000420. The maximum absolute atomic E-state index is 11.9. The number of aliphatic imine (C=N–C) groups is 1. The normalized spacial score (nSPS) is 10.8. The first-order valence-electron chi connectivity index (χ1n) is 9.55. The molecule has 0 spiro atoms. The van der Waals surface area contributed by atoms with Crippen molar-refractivity contribution in [3.63, 3.8) is 0 Å². The summed E-state index contributed by atoms with van der Waals surface area (Å²) < 4.78 is 5.55. The van der Waals surface area contributed by atoms with Gasteiger partial charge in [0.15, 0.2) is 5.96 Å². The van der Waals surface area contributed by atoms with E-state index in [1.165, 1.54) is 10.4 Å². The number of nitrogens with zero attached hydrogens (tertiary/aromatic N) is 2. The Morgan fingerprint density at radius 1 is 1.14 bits per heavy atom. The molecule has 0 unspecified atom stereocenters. The second-order valence-electron chi connectivity index (χ2n) is 6.47. The zero-order valence-electron chi connectivity index (χ0n) is 17.3. The number of rotatable bonds is 10. The molecule has 0 aliphatic heterocycles. The van der Waals surface area contributed by atoms with Gasteiger partial charge in [0.1, 0.15) is 12.3 Å². The van der Waals surface area contributed by atoms with Gasteiger partial charge in [-0.25, -0.2) is 4.99 Å². The van der Waals surface area contributed by atoms with Gasteiger partial charge in [0, 0.05) is 32.1 Å². The van der Waals surface area contributed by atoms with Gasteiger partial charge in [-0.05, 0) is 48.9 Å². The van der Waals surface area contributed by atoms with E-state index in [2.05, 4.69) is 45.3 Å². The van der Waals surface area contributed by atoms with E-state index in [9.17, 15) is 4.79 Å². The number of likely N-dealkylation sites (N-methyl/N-ethyl adjacent to an activating group) is 1. The highest BCUT2D eigenvalue weighted by atomic mass is 127. The van der Waals surface area contributed by atoms with Crippen LogP contribution in [0.1, 0.15) is 17.4 Å². The lowest BCUT2D eigenvalue weighted by atomic mass is 10.1. The zero-order valence-corrected chi connectivity index (χ0v) is 20.5. The third-order valence-electron chi connectivity index (χ3n) is 4.03. The highest BCUT2D eigenvalue weighted by molar-refractivity contribution is 14.0. The van der Waals surface area contributed by atoms with Crippen molar-refractivity contribution < 1.29 is 9.53 Å². The molecule has 1 aromatic carbocycles. The fraction of sp³-hybridized carbons (Fsp3) is 0.429. The third-order valence-corrected chi connectivity index (χ3v) is 4.97. The van der Waals surface area contributed by atoms with Gasteiger partial charge in [0.2, 0.25) is 5.91 Å². The van der Waals surface area contributed by atoms with Gasteiger partial charge in [-0.1, -0.05) is 18.2 Å². The molecule has 0 atom stereocenters. The van der Waals surface area contributed by atoms with Crippen LogP contribution >= 0.6 is 35.3 Å². The summed E-state index contributed by atoms with van der Waals surface area (Å²) in [5.74, 6) is 1.52. The largest absolute Gasteiger partial charge is 0.494 e. The summed E-state index contributed by atoms with van der Waals surface area (Å²) in [4.78, 5) is 19.1. The molecule has 2 N–H and O–H groups in total. The molecule has 29 heavy (non-hydrogen) atoms. The summed E-state index contributed by atoms with van der Waals surface area (Å²) >= 11 is 1.74. The van der Waals surface area contributed by atoms with Gasteiger partial charge >= 0.3 is 0 Å². The van der Waals surface area contributed by atoms with E-state index in [-0.39, 0.29) is 36.4 Å². The van der Waals surface area contributed by atoms with E-state index in [4.69, 9.17) is 4.74 Å². The summed E-state index contributed by atoms with van der Waals surface area (Å²) in [6, 6.07) is 12.3. The van der Waals surface area contributed by atoms with Crippen LogP contribution in [-0.4, -0.2) is 57.1 Å². The number of guanidine groups is 1. The van der Waals surface area contributed by atoms with E-state index in [0.717, 1.165) is 31.7 Å². The van der Waals surface area contributed by atoms with Crippen molar-refractivity contribution >= 4 is 47.2 Å². The summed E-state index contributed by atoms with van der Waals surface area (Å²) in [6.45, 7) is 4.25. The minimum Gasteiger partial charge on any atom is -0.494 e. The van der Waals surface area contributed by atoms with Crippen LogP contribution in [0.3, 0.4) is 0 Å². The van der Waals surface area contributed by atoms with Gasteiger partial charge in [0.05, 0.1) is 6.61 Å². The number of ether oxygens (including phenoxy) is 1. The van der Waals surface area contributed by atoms with Crippen LogP contribution in [-0.2, 0) is 17.6 Å². The van der Waals surface area contributed by atoms with Crippen molar-refractivity contribution in [2.75, 3.05) is 40.3 Å². The first-order chi connectivity index (χ1) is 13.6. The van der Waals surface area contributed by atoms with E-state index in [0.29, 0.717) is 12.6 Å². The SMILES string of the molecule is CCOc1cccc(CCNC(=NCC(=O)N(C)C)NCCc2cccs2)c1.I. The number of carbonyl (C=O) groups is 1. The number of amides is 1. The number of halogens is 1. The van der Waals surface area contributed by atoms with Gasteiger partial charge in [0.25, 0.3) is 0 Å². The average molecular weight is 530 g/mol. The van der Waals surface area contributed by atoms with Crippen LogP contribution in [0.25, 0.3) is 0 Å². The summed E-state index contributed by atoms with van der Waals surface area (Å²) in [7, 11) is 3.47. The molecule has 0 radical (unpaired) electrons. The van der Waals surface area contributed by atoms with Crippen molar-refractivity contribution in [1.82, 2.24) is 15.5 Å². The monoisotopic (exact) mass is 530 g/mol. The van der Waals surface area contributed by atoms with Crippen molar-refractivity contribution in [3.8, 4) is 5.75 Å². The number of hydrogen-bond donors (Lipinski definition) is 2. The average Bonchev–Trinajstić information content (AvgIpc) is 3.19. The number of hydrogen-bond acceptors (Lipinski definition) is 4. The first kappa shape index (κ1) is 25.2. The van der Waals surface area contributed by atoms with Crippen LogP contribution in [0.4, 0.5) is 0 Å². The molecule has 1 heterocycles. The van der Waals surface area contributed by atoms with Gasteiger partial charge in [-0.2, -0.15) is 0 Å². The van der Waals surface area contributed by atoms with Gasteiger partial charge < -0.3 is 20.3 Å². The molecule has 0 saturated heterocycles. The maximum Gasteiger partial charge on any atom is 0.243 e. The molecule has 0 fully saturated rings. The van der Waals surface area contributed by atoms with E-state index in [1.807, 2.05) is 19.1 Å². The standard InChI is InChI=1S/C21H30N4O2S.HI/c1-4-27-18-8-5-7-17(15-18)10-12-22-21(24-16-20(26)25(2)3)23-13-11-19-9-6-14-28-19;/h5-9,14-15H,4,10-13,16H2,1-3H3,(H2,22,23,24);1H. The van der Waals surface area contributed by atoms with Gasteiger partial charge in [-0.15, -0.1) is 35.3 Å². The zero-order chi connectivity index (χ0) is 20.2. The summed E-state index contributed by atoms with van der Waals surface area (Å²) in [5, 5.41) is 8.72. The Labute approximate surface area is 194 Å². The van der Waals surface area contributed by atoms with Crippen molar-refractivity contribution in [1.29, 1.82) is 0 Å². The Bertz CT molecular complexity index is 751. The molecule has 0 bridgehead atoms. The van der Waals surface area contributed by atoms with Crippen LogP contribution in [0.5, 0.6) is 5.75 Å². The molecule has 6 nitrogen and oxygen atoms in total. The van der Waals surface area contributed by atoms with E-state index < -0.39 is 0 Å². The molecule has 1 amide bonds. The maximum atomic E-state index is 11.9. The van der Waals surface area contributed by atoms with Crippen LogP contribution in [0.15, 0.2) is 46.8 Å². The molecule has 0 aliphatic carbocycles. The van der Waals surface area contributed by atoms with Crippen LogP contribution in [0.2, 0.25) is 0 Å². The minimum atomic E-state index is -0.0243. The summed E-state index contributed by atoms with van der Waals surface area (Å²) in [5.41, 5.74) is 1.20. The Morgan fingerprint density at radius 3 is 2.55 bits per heavy atom. The molecule has 2 aromatic rings. The molecular formula is C21H31IN4O2S. The molecule has 160 valence electrons. The predicted molar refractivity (Wildman–Crippen MR) is 132 cm³/mol. The van der Waals surface area contributed by atoms with Gasteiger partial charge in [-0.3, -0.25) is 4.79 Å². The smallest absolute Gasteiger partial charge is 0.243 e. The summed E-state index contributed by atoms with van der Waals surface area (Å²) in [6.07, 6.45) is 1.77. The van der Waals surface area contributed by atoms with Crippen LogP contribution < -0.4 is 15.4 Å². The quantitative estimate of drug-likeness (QED) is 0.282. The highest BCUT2D eigenvalue weighted by Gasteiger charge is 2.05. The topological polar surface area (TPSA) is 66.0 Å². The van der Waals surface area contributed by atoms with E-state index >= 15 is 0 Å². The highest BCUT2D eigenvalue weighted by Crippen LogP contribution is 2.13. The molecular weight excluding hydrogens is 499 g/mol. The Morgan fingerprint density at radius 2 is 1.90 bits per heavy atom. The molecule has 8 heteroatoms. The molecule has 2 rings (SSSR count). The first-order valence-corrected chi connectivity index (χ1v) is 10.4. The predicted octanol–water partition coefficient (Wildman–Crippen LogP) is 3.17. The number of benzene rings is 1. The lowest BCUT2D eigenvalue weighted by Crippen LogP contribution is -2.40. The second kappa shape index (κ2) is 14.2. The molecule has 0 saturated carbocycles. The number of carbonyl (C=O) groups excluding carboxylic acids is 1. The van der Waals surface area contributed by atoms with Crippen LogP contribution in [0, 0.1) is 0 Å². The molecule has 0 aliphatic rings. The lowest BCUT2D eigenvalue weighted by molar-refractivity contribution is -0.127. The Hall–Kier alpha value is -1.81. The lowest BCUT2D eigenvalue weighted by Gasteiger charge is -2.14. The van der Waals surface area contributed by atoms with Crippen molar-refractivity contribution in [2.45, 2.75) is 19.8 Å². The van der Waals surface area contributed by atoms with Crippen molar-refractivity contribution in [2.24, 2.45) is 4.99 Å². The number of nitrogens with one attached hydrogen (secondary N) is 2. The molecule has 1 aromatic heterocycles. The third kappa shape index (κ3) is 9.98. The fourth-order valence-electron chi connectivity index (χ4n) is 2.50. The van der Waals surface area contributed by atoms with Crippen molar-refractivity contribution in [3.05, 3.63) is 52.2 Å². The van der Waals surface area contributed by atoms with E-state index in [1.54, 1.807) is 30.3 Å². The second-order valence-corrected chi connectivity index (χ2v) is 7.50.